The van der Waals surface area contributed by atoms with Gasteiger partial charge in [0.1, 0.15) is 12.4 Å². The number of benzene rings is 2. The Balaban J connectivity index is 1.34. The Hall–Kier alpha value is -3.18. The molecule has 0 aliphatic heterocycles. The second-order valence-electron chi connectivity index (χ2n) is 6.87. The molecule has 4 aromatic rings. The van der Waals surface area contributed by atoms with Crippen LogP contribution in [0.25, 0.3) is 10.9 Å². The lowest BCUT2D eigenvalue weighted by Crippen LogP contribution is -2.26. The van der Waals surface area contributed by atoms with Gasteiger partial charge < -0.3 is 19.5 Å². The highest BCUT2D eigenvalue weighted by molar-refractivity contribution is 6.31. The fraction of sp³-hybridized carbons (Fsp3) is 0.174. The Morgan fingerprint density at radius 3 is 2.83 bits per heavy atom. The lowest BCUT2D eigenvalue weighted by atomic mass is 10.1. The molecule has 2 aromatic heterocycles. The van der Waals surface area contributed by atoms with Gasteiger partial charge in [-0.25, -0.2) is 0 Å². The van der Waals surface area contributed by atoms with Gasteiger partial charge in [-0.15, -0.1) is 0 Å². The number of nitrogens with one attached hydrogen (secondary N) is 2. The summed E-state index contributed by atoms with van der Waals surface area (Å²) in [6, 6.07) is 15.1. The molecule has 2 N–H and O–H groups in total. The average molecular weight is 409 g/mol. The number of ether oxygens (including phenoxy) is 1. The second-order valence-corrected chi connectivity index (χ2v) is 7.31. The number of aryl methyl sites for hydroxylation is 1. The maximum Gasteiger partial charge on any atom is 0.254 e. The van der Waals surface area contributed by atoms with Crippen LogP contribution in [0.4, 0.5) is 0 Å². The highest BCUT2D eigenvalue weighted by Crippen LogP contribution is 2.22. The van der Waals surface area contributed by atoms with E-state index in [9.17, 15) is 4.79 Å². The molecular formula is C23H21ClN2O3. The van der Waals surface area contributed by atoms with Crippen molar-refractivity contribution in [3.05, 3.63) is 88.5 Å². The Morgan fingerprint density at radius 1 is 1.17 bits per heavy atom. The number of rotatable bonds is 7. The number of aromatic nitrogens is 1. The molecular weight excluding hydrogens is 388 g/mol. The zero-order valence-corrected chi connectivity index (χ0v) is 16.8. The molecule has 0 atom stereocenters. The van der Waals surface area contributed by atoms with Gasteiger partial charge in [0.15, 0.2) is 5.76 Å². The van der Waals surface area contributed by atoms with E-state index in [4.69, 9.17) is 20.8 Å². The van der Waals surface area contributed by atoms with Gasteiger partial charge >= 0.3 is 0 Å². The Kier molecular flexibility index (Phi) is 5.58. The average Bonchev–Trinajstić information content (AvgIpc) is 3.34. The minimum Gasteiger partial charge on any atom is -0.486 e. The summed E-state index contributed by atoms with van der Waals surface area (Å²) in [4.78, 5) is 15.8. The summed E-state index contributed by atoms with van der Waals surface area (Å²) in [5.41, 5.74) is 3.78. The molecule has 0 saturated carbocycles. The van der Waals surface area contributed by atoms with Crippen molar-refractivity contribution in [2.45, 2.75) is 20.0 Å². The molecule has 148 valence electrons. The Labute approximate surface area is 173 Å². The summed E-state index contributed by atoms with van der Waals surface area (Å²) in [5.74, 6) is 1.05. The topological polar surface area (TPSA) is 67.3 Å². The van der Waals surface area contributed by atoms with Gasteiger partial charge in [-0.2, -0.15) is 0 Å². The number of amides is 1. The molecule has 0 spiro atoms. The van der Waals surface area contributed by atoms with Gasteiger partial charge in [0, 0.05) is 28.7 Å². The third-order valence-electron chi connectivity index (χ3n) is 4.79. The van der Waals surface area contributed by atoms with Crippen molar-refractivity contribution in [3.63, 3.8) is 0 Å². The fourth-order valence-corrected chi connectivity index (χ4v) is 3.37. The van der Waals surface area contributed by atoms with Gasteiger partial charge in [-0.3, -0.25) is 4.79 Å². The molecule has 1 amide bonds. The van der Waals surface area contributed by atoms with Crippen LogP contribution in [0.3, 0.4) is 0 Å². The van der Waals surface area contributed by atoms with E-state index in [0.29, 0.717) is 29.3 Å². The number of fused-ring (bicyclic) bond motifs is 1. The van der Waals surface area contributed by atoms with Crippen molar-refractivity contribution < 1.29 is 13.9 Å². The first-order valence-corrected chi connectivity index (χ1v) is 9.77. The van der Waals surface area contributed by atoms with Gasteiger partial charge in [-0.1, -0.05) is 29.3 Å². The van der Waals surface area contributed by atoms with Crippen molar-refractivity contribution in [3.8, 4) is 5.75 Å². The predicted molar refractivity (Wildman–Crippen MR) is 114 cm³/mol. The second kappa shape index (κ2) is 8.45. The number of H-pyrrole nitrogens is 1. The van der Waals surface area contributed by atoms with E-state index in [1.807, 2.05) is 55.6 Å². The number of carbonyl (C=O) groups is 1. The Bertz CT molecular complexity index is 1130. The zero-order valence-electron chi connectivity index (χ0n) is 16.0. The van der Waals surface area contributed by atoms with Gasteiger partial charge in [0.2, 0.25) is 0 Å². The molecule has 2 aromatic carbocycles. The number of halogens is 1. The fourth-order valence-electron chi connectivity index (χ4n) is 3.20. The van der Waals surface area contributed by atoms with Crippen LogP contribution in [-0.2, 0) is 13.0 Å². The number of hydrogen-bond donors (Lipinski definition) is 2. The van der Waals surface area contributed by atoms with Crippen LogP contribution in [0.5, 0.6) is 5.75 Å². The standard InChI is InChI=1S/C23H21ClN2O3/c1-15-2-5-18(6-3-15)29-14-22-19(9-11-28-22)23(27)25-10-8-16-13-26-21-7-4-17(24)12-20(16)21/h2-7,9,11-13,26H,8,10,14H2,1H3,(H,25,27). The van der Waals surface area contributed by atoms with Crippen molar-refractivity contribution in [1.29, 1.82) is 0 Å². The summed E-state index contributed by atoms with van der Waals surface area (Å²) in [6.45, 7) is 2.71. The molecule has 29 heavy (non-hydrogen) atoms. The number of carbonyl (C=O) groups excluding carboxylic acids is 1. The summed E-state index contributed by atoms with van der Waals surface area (Å²) >= 11 is 6.09. The van der Waals surface area contributed by atoms with E-state index < -0.39 is 0 Å². The monoisotopic (exact) mass is 408 g/mol. The molecule has 4 rings (SSSR count). The van der Waals surface area contributed by atoms with E-state index in [2.05, 4.69) is 10.3 Å². The smallest absolute Gasteiger partial charge is 0.254 e. The number of furan rings is 1. The predicted octanol–water partition coefficient (Wildman–Crippen LogP) is 5.27. The molecule has 2 heterocycles. The van der Waals surface area contributed by atoms with Crippen LogP contribution >= 0.6 is 11.6 Å². The molecule has 6 heteroatoms. The third kappa shape index (κ3) is 4.46. The first-order chi connectivity index (χ1) is 14.1. The van der Waals surface area contributed by atoms with E-state index in [-0.39, 0.29) is 12.5 Å². The molecule has 0 unspecified atom stereocenters. The summed E-state index contributed by atoms with van der Waals surface area (Å²) in [5, 5.41) is 4.71. The van der Waals surface area contributed by atoms with Crippen molar-refractivity contribution in [2.75, 3.05) is 6.54 Å². The molecule has 0 fully saturated rings. The molecule has 0 aliphatic rings. The lowest BCUT2D eigenvalue weighted by Gasteiger charge is -2.07. The van der Waals surface area contributed by atoms with Gasteiger partial charge in [0.25, 0.3) is 5.91 Å². The van der Waals surface area contributed by atoms with E-state index in [0.717, 1.165) is 27.8 Å². The Morgan fingerprint density at radius 2 is 2.00 bits per heavy atom. The quantitative estimate of drug-likeness (QED) is 0.437. The van der Waals surface area contributed by atoms with Gasteiger partial charge in [-0.05, 0) is 55.3 Å². The summed E-state index contributed by atoms with van der Waals surface area (Å²) in [6.07, 6.45) is 4.15. The van der Waals surface area contributed by atoms with Crippen molar-refractivity contribution >= 4 is 28.4 Å². The molecule has 0 bridgehead atoms. The minimum absolute atomic E-state index is 0.181. The van der Waals surface area contributed by atoms with Crippen LogP contribution in [0.15, 0.2) is 65.4 Å². The molecule has 0 aliphatic carbocycles. The zero-order chi connectivity index (χ0) is 20.2. The number of hydrogen-bond acceptors (Lipinski definition) is 3. The van der Waals surface area contributed by atoms with E-state index in [1.54, 1.807) is 6.07 Å². The number of aromatic amines is 1. The highest BCUT2D eigenvalue weighted by atomic mass is 35.5. The van der Waals surface area contributed by atoms with Crippen molar-refractivity contribution in [1.82, 2.24) is 10.3 Å². The molecule has 5 nitrogen and oxygen atoms in total. The van der Waals surface area contributed by atoms with E-state index >= 15 is 0 Å². The first kappa shape index (κ1) is 19.2. The maximum atomic E-state index is 12.6. The molecule has 0 radical (unpaired) electrons. The van der Waals surface area contributed by atoms with Crippen LogP contribution in [0, 0.1) is 6.92 Å². The van der Waals surface area contributed by atoms with Crippen LogP contribution < -0.4 is 10.1 Å². The van der Waals surface area contributed by atoms with Crippen LogP contribution in [0.1, 0.15) is 27.2 Å². The summed E-state index contributed by atoms with van der Waals surface area (Å²) in [7, 11) is 0. The van der Waals surface area contributed by atoms with Crippen LogP contribution in [0.2, 0.25) is 5.02 Å². The minimum atomic E-state index is -0.181. The summed E-state index contributed by atoms with van der Waals surface area (Å²) < 4.78 is 11.2. The lowest BCUT2D eigenvalue weighted by molar-refractivity contribution is 0.0949. The van der Waals surface area contributed by atoms with Gasteiger partial charge in [0.05, 0.1) is 11.8 Å². The van der Waals surface area contributed by atoms with Crippen LogP contribution in [-0.4, -0.2) is 17.4 Å². The van der Waals surface area contributed by atoms with Crippen molar-refractivity contribution in [2.24, 2.45) is 0 Å². The largest absolute Gasteiger partial charge is 0.486 e. The molecule has 0 saturated heterocycles. The highest BCUT2D eigenvalue weighted by Gasteiger charge is 2.15. The SMILES string of the molecule is Cc1ccc(OCc2occc2C(=O)NCCc2c[nH]c3ccc(Cl)cc23)cc1. The third-order valence-corrected chi connectivity index (χ3v) is 5.03. The maximum absolute atomic E-state index is 12.6. The first-order valence-electron chi connectivity index (χ1n) is 9.40. The normalized spacial score (nSPS) is 11.0. The van der Waals surface area contributed by atoms with E-state index in [1.165, 1.54) is 6.26 Å².